The molecule has 1 aliphatic heterocycles. The van der Waals surface area contributed by atoms with Gasteiger partial charge in [-0.2, -0.15) is 0 Å². The monoisotopic (exact) mass is 257 g/mol. The lowest BCUT2D eigenvalue weighted by atomic mass is 10.2. The van der Waals surface area contributed by atoms with E-state index in [1.165, 1.54) is 0 Å². The summed E-state index contributed by atoms with van der Waals surface area (Å²) in [5, 5.41) is 0. The molecule has 0 fully saturated rings. The van der Waals surface area contributed by atoms with E-state index in [1.54, 1.807) is 0 Å². The van der Waals surface area contributed by atoms with Crippen molar-refractivity contribution in [2.75, 3.05) is 26.2 Å². The van der Waals surface area contributed by atoms with Crippen LogP contribution in [0.4, 0.5) is 8.78 Å². The zero-order valence-corrected chi connectivity index (χ0v) is 10.6. The van der Waals surface area contributed by atoms with E-state index < -0.39 is 11.6 Å². The van der Waals surface area contributed by atoms with Gasteiger partial charge in [0.1, 0.15) is 18.5 Å². The lowest BCUT2D eigenvalue weighted by molar-refractivity contribution is 0.0579. The van der Waals surface area contributed by atoms with Crippen LogP contribution in [0.1, 0.15) is 13.8 Å². The van der Waals surface area contributed by atoms with Gasteiger partial charge in [0.15, 0.2) is 17.3 Å². The summed E-state index contributed by atoms with van der Waals surface area (Å²) in [5.41, 5.74) is 0. The summed E-state index contributed by atoms with van der Waals surface area (Å²) in [4.78, 5) is 2.18. The molecule has 0 N–H and O–H groups in total. The van der Waals surface area contributed by atoms with Gasteiger partial charge >= 0.3 is 0 Å². The van der Waals surface area contributed by atoms with Crippen molar-refractivity contribution in [2.45, 2.75) is 20.0 Å². The van der Waals surface area contributed by atoms with Gasteiger partial charge in [-0.15, -0.1) is 0 Å². The van der Waals surface area contributed by atoms with E-state index in [0.717, 1.165) is 25.2 Å². The van der Waals surface area contributed by atoms with Crippen LogP contribution in [0.3, 0.4) is 0 Å². The van der Waals surface area contributed by atoms with E-state index in [4.69, 9.17) is 9.47 Å². The molecular weight excluding hydrogens is 240 g/mol. The van der Waals surface area contributed by atoms with Crippen molar-refractivity contribution in [2.24, 2.45) is 0 Å². The van der Waals surface area contributed by atoms with Gasteiger partial charge in [-0.05, 0) is 13.1 Å². The third-order valence-corrected chi connectivity index (χ3v) is 3.04. The molecule has 100 valence electrons. The molecule has 0 saturated heterocycles. The Bertz CT molecular complexity index is 422. The van der Waals surface area contributed by atoms with Crippen molar-refractivity contribution < 1.29 is 18.3 Å². The van der Waals surface area contributed by atoms with Gasteiger partial charge in [0, 0.05) is 18.7 Å². The number of nitrogens with zero attached hydrogens (tertiary/aromatic N) is 1. The van der Waals surface area contributed by atoms with E-state index in [-0.39, 0.29) is 24.2 Å². The average molecular weight is 257 g/mol. The maximum Gasteiger partial charge on any atom is 0.197 e. The molecule has 1 unspecified atom stereocenters. The lowest BCUT2D eigenvalue weighted by Crippen LogP contribution is -2.41. The highest BCUT2D eigenvalue weighted by atomic mass is 19.1. The van der Waals surface area contributed by atoms with E-state index >= 15 is 0 Å². The Kier molecular flexibility index (Phi) is 4.01. The van der Waals surface area contributed by atoms with E-state index in [9.17, 15) is 8.78 Å². The van der Waals surface area contributed by atoms with Gasteiger partial charge in [0.25, 0.3) is 0 Å². The fraction of sp³-hybridized carbons (Fsp3) is 0.538. The molecule has 1 aliphatic rings. The molecule has 0 aliphatic carbocycles. The second-order valence-electron chi connectivity index (χ2n) is 4.25. The first-order valence-corrected chi connectivity index (χ1v) is 6.14. The molecule has 0 aromatic heterocycles. The van der Waals surface area contributed by atoms with Crippen LogP contribution in [0, 0.1) is 11.6 Å². The fourth-order valence-corrected chi connectivity index (χ4v) is 2.01. The van der Waals surface area contributed by atoms with Crippen molar-refractivity contribution in [1.82, 2.24) is 4.90 Å². The van der Waals surface area contributed by atoms with Crippen molar-refractivity contribution in [3.63, 3.8) is 0 Å². The molecule has 18 heavy (non-hydrogen) atoms. The van der Waals surface area contributed by atoms with Gasteiger partial charge in [-0.25, -0.2) is 8.78 Å². The summed E-state index contributed by atoms with van der Waals surface area (Å²) in [6.45, 7) is 6.89. The minimum Gasteiger partial charge on any atom is -0.483 e. The Hall–Kier alpha value is -1.36. The van der Waals surface area contributed by atoms with Gasteiger partial charge in [-0.3, -0.25) is 0 Å². The van der Waals surface area contributed by atoms with Crippen LogP contribution in [-0.4, -0.2) is 37.2 Å². The molecule has 0 amide bonds. The van der Waals surface area contributed by atoms with Gasteiger partial charge in [0.2, 0.25) is 0 Å². The Balaban J connectivity index is 2.10. The van der Waals surface area contributed by atoms with Crippen molar-refractivity contribution >= 4 is 0 Å². The summed E-state index contributed by atoms with van der Waals surface area (Å²) in [6, 6.07) is 1.96. The minimum absolute atomic E-state index is 0.00666. The zero-order chi connectivity index (χ0) is 13.1. The first kappa shape index (κ1) is 13.1. The molecule has 0 spiro atoms. The molecule has 2 rings (SSSR count). The van der Waals surface area contributed by atoms with Crippen LogP contribution < -0.4 is 9.47 Å². The summed E-state index contributed by atoms with van der Waals surface area (Å²) in [5.74, 6) is -1.22. The third kappa shape index (κ3) is 2.72. The van der Waals surface area contributed by atoms with Gasteiger partial charge in [0.05, 0.1) is 0 Å². The summed E-state index contributed by atoms with van der Waals surface area (Å²) in [7, 11) is 0. The SMILES string of the molecule is CCN(CC)CC1COc2c(F)cc(F)cc2O1. The molecule has 5 heteroatoms. The molecule has 1 heterocycles. The maximum absolute atomic E-state index is 13.4. The summed E-state index contributed by atoms with van der Waals surface area (Å²) >= 11 is 0. The van der Waals surface area contributed by atoms with E-state index in [2.05, 4.69) is 18.7 Å². The molecule has 1 aromatic carbocycles. The zero-order valence-electron chi connectivity index (χ0n) is 10.6. The minimum atomic E-state index is -0.716. The maximum atomic E-state index is 13.4. The highest BCUT2D eigenvalue weighted by Crippen LogP contribution is 2.35. The first-order chi connectivity index (χ1) is 8.63. The summed E-state index contributed by atoms with van der Waals surface area (Å²) in [6.07, 6.45) is -0.196. The largest absolute Gasteiger partial charge is 0.483 e. The van der Waals surface area contributed by atoms with Crippen molar-refractivity contribution in [1.29, 1.82) is 0 Å². The number of benzene rings is 1. The third-order valence-electron chi connectivity index (χ3n) is 3.04. The molecular formula is C13H17F2NO2. The highest BCUT2D eigenvalue weighted by molar-refractivity contribution is 5.42. The Morgan fingerprint density at radius 3 is 2.67 bits per heavy atom. The number of hydrogen-bond acceptors (Lipinski definition) is 3. The van der Waals surface area contributed by atoms with Crippen molar-refractivity contribution in [3.05, 3.63) is 23.8 Å². The molecule has 3 nitrogen and oxygen atoms in total. The van der Waals surface area contributed by atoms with E-state index in [0.29, 0.717) is 6.54 Å². The topological polar surface area (TPSA) is 21.7 Å². The second-order valence-corrected chi connectivity index (χ2v) is 4.25. The van der Waals surface area contributed by atoms with Crippen LogP contribution in [0.2, 0.25) is 0 Å². The quantitative estimate of drug-likeness (QED) is 0.827. The highest BCUT2D eigenvalue weighted by Gasteiger charge is 2.25. The lowest BCUT2D eigenvalue weighted by Gasteiger charge is -2.30. The number of rotatable bonds is 4. The fourth-order valence-electron chi connectivity index (χ4n) is 2.01. The van der Waals surface area contributed by atoms with E-state index in [1.807, 2.05) is 0 Å². The molecule has 0 saturated carbocycles. The molecule has 1 atom stereocenters. The van der Waals surface area contributed by atoms with Crippen molar-refractivity contribution in [3.8, 4) is 11.5 Å². The Morgan fingerprint density at radius 1 is 1.28 bits per heavy atom. The van der Waals surface area contributed by atoms with Crippen LogP contribution >= 0.6 is 0 Å². The molecule has 0 radical (unpaired) electrons. The van der Waals surface area contributed by atoms with Gasteiger partial charge in [-0.1, -0.05) is 13.8 Å². The first-order valence-electron chi connectivity index (χ1n) is 6.14. The predicted molar refractivity (Wildman–Crippen MR) is 64.1 cm³/mol. The number of likely N-dealkylation sites (N-methyl/N-ethyl adjacent to an activating group) is 1. The number of ether oxygens (including phenoxy) is 2. The normalized spacial score (nSPS) is 18.2. The number of hydrogen-bond donors (Lipinski definition) is 0. The van der Waals surface area contributed by atoms with Crippen LogP contribution in [0.5, 0.6) is 11.5 Å². The molecule has 1 aromatic rings. The number of fused-ring (bicyclic) bond motifs is 1. The molecule has 0 bridgehead atoms. The van der Waals surface area contributed by atoms with Crippen LogP contribution in [0.25, 0.3) is 0 Å². The number of halogens is 2. The average Bonchev–Trinajstić information content (AvgIpc) is 2.35. The van der Waals surface area contributed by atoms with Gasteiger partial charge < -0.3 is 14.4 Å². The Morgan fingerprint density at radius 2 is 2.00 bits per heavy atom. The van der Waals surface area contributed by atoms with Crippen LogP contribution in [-0.2, 0) is 0 Å². The standard InChI is InChI=1S/C13H17F2NO2/c1-3-16(4-2)7-10-8-17-13-11(15)5-9(14)6-12(13)18-10/h5-6,10H,3-4,7-8H2,1-2H3. The van der Waals surface area contributed by atoms with Crippen LogP contribution in [0.15, 0.2) is 12.1 Å². The second kappa shape index (κ2) is 5.52. The predicted octanol–water partition coefficient (Wildman–Crippen LogP) is 2.45. The smallest absolute Gasteiger partial charge is 0.197 e. The Labute approximate surface area is 105 Å². The summed E-state index contributed by atoms with van der Waals surface area (Å²) < 4.78 is 37.4.